The molecule has 0 aromatic carbocycles. The molecule has 1 saturated heterocycles. The van der Waals surface area contributed by atoms with E-state index in [1.54, 1.807) is 0 Å². The third-order valence-corrected chi connectivity index (χ3v) is 2.47. The number of hydrogen-bond donors (Lipinski definition) is 2. The fourth-order valence-corrected chi connectivity index (χ4v) is 2.06. The molecule has 1 unspecified atom stereocenters. The second-order valence-electron chi connectivity index (χ2n) is 4.76. The molecule has 0 saturated carbocycles. The Labute approximate surface area is 81.1 Å². The van der Waals surface area contributed by atoms with Crippen LogP contribution in [0.15, 0.2) is 0 Å². The zero-order chi connectivity index (χ0) is 9.90. The summed E-state index contributed by atoms with van der Waals surface area (Å²) in [5.41, 5.74) is -0.547. The molecule has 0 spiro atoms. The molecule has 2 N–H and O–H groups in total. The lowest BCUT2D eigenvalue weighted by molar-refractivity contribution is 0.0428. The van der Waals surface area contributed by atoms with Crippen molar-refractivity contribution in [2.24, 2.45) is 5.92 Å². The van der Waals surface area contributed by atoms with Crippen LogP contribution in [0.3, 0.4) is 0 Å². The molecule has 1 atom stereocenters. The number of nitrogens with one attached hydrogen (secondary N) is 1. The topological polar surface area (TPSA) is 35.5 Å². The van der Waals surface area contributed by atoms with Crippen molar-refractivity contribution in [2.75, 3.05) is 33.2 Å². The van der Waals surface area contributed by atoms with Crippen LogP contribution in [-0.4, -0.2) is 48.8 Å². The van der Waals surface area contributed by atoms with Crippen LogP contribution in [0.4, 0.5) is 0 Å². The van der Waals surface area contributed by atoms with Gasteiger partial charge in [-0.05, 0) is 46.3 Å². The van der Waals surface area contributed by atoms with Crippen molar-refractivity contribution >= 4 is 0 Å². The molecule has 1 aliphatic heterocycles. The number of hydrogen-bond acceptors (Lipinski definition) is 3. The van der Waals surface area contributed by atoms with E-state index in [9.17, 15) is 5.11 Å². The summed E-state index contributed by atoms with van der Waals surface area (Å²) >= 11 is 0. The van der Waals surface area contributed by atoms with Gasteiger partial charge in [0.25, 0.3) is 0 Å². The molecule has 3 nitrogen and oxygen atoms in total. The van der Waals surface area contributed by atoms with E-state index in [0.717, 1.165) is 32.1 Å². The fourth-order valence-electron chi connectivity index (χ4n) is 2.06. The van der Waals surface area contributed by atoms with E-state index < -0.39 is 5.60 Å². The lowest BCUT2D eigenvalue weighted by atomic mass is 10.1. The van der Waals surface area contributed by atoms with Crippen molar-refractivity contribution in [2.45, 2.75) is 25.9 Å². The molecule has 13 heavy (non-hydrogen) atoms. The Balaban J connectivity index is 2.25. The first kappa shape index (κ1) is 11.0. The van der Waals surface area contributed by atoms with Gasteiger partial charge in [-0.15, -0.1) is 0 Å². The van der Waals surface area contributed by atoms with Gasteiger partial charge in [-0.25, -0.2) is 0 Å². The van der Waals surface area contributed by atoms with E-state index in [0.29, 0.717) is 0 Å². The zero-order valence-corrected chi connectivity index (χ0v) is 9.01. The molecule has 0 bridgehead atoms. The Kier molecular flexibility index (Phi) is 3.71. The normalized spacial score (nSPS) is 25.4. The van der Waals surface area contributed by atoms with Crippen molar-refractivity contribution in [1.29, 1.82) is 0 Å². The predicted molar refractivity (Wildman–Crippen MR) is 54.8 cm³/mol. The van der Waals surface area contributed by atoms with Gasteiger partial charge >= 0.3 is 0 Å². The summed E-state index contributed by atoms with van der Waals surface area (Å²) in [4.78, 5) is 2.35. The Morgan fingerprint density at radius 3 is 2.77 bits per heavy atom. The average molecular weight is 186 g/mol. The van der Waals surface area contributed by atoms with E-state index in [-0.39, 0.29) is 0 Å². The predicted octanol–water partition coefficient (Wildman–Crippen LogP) is 0.299. The maximum Gasteiger partial charge on any atom is 0.0718 e. The first-order valence-corrected chi connectivity index (χ1v) is 5.10. The second kappa shape index (κ2) is 4.40. The highest BCUT2D eigenvalue weighted by atomic mass is 16.3. The summed E-state index contributed by atoms with van der Waals surface area (Å²) in [6.45, 7) is 7.91. The van der Waals surface area contributed by atoms with Crippen LogP contribution in [0.1, 0.15) is 20.3 Å². The summed E-state index contributed by atoms with van der Waals surface area (Å²) < 4.78 is 0. The molecule has 1 heterocycles. The molecule has 0 radical (unpaired) electrons. The molecule has 0 amide bonds. The van der Waals surface area contributed by atoms with Crippen LogP contribution in [0.2, 0.25) is 0 Å². The summed E-state index contributed by atoms with van der Waals surface area (Å²) in [5.74, 6) is 0.771. The van der Waals surface area contributed by atoms with Gasteiger partial charge in [-0.2, -0.15) is 0 Å². The Hall–Kier alpha value is -0.120. The Morgan fingerprint density at radius 1 is 1.54 bits per heavy atom. The van der Waals surface area contributed by atoms with Crippen LogP contribution >= 0.6 is 0 Å². The average Bonchev–Trinajstić information content (AvgIpc) is 2.33. The molecular weight excluding hydrogens is 164 g/mol. The smallest absolute Gasteiger partial charge is 0.0718 e. The SMILES string of the molecule is CNCC1CCN(CC(C)(C)O)C1. The number of aliphatic hydroxyl groups is 1. The van der Waals surface area contributed by atoms with E-state index >= 15 is 0 Å². The molecule has 0 aliphatic carbocycles. The van der Waals surface area contributed by atoms with E-state index in [2.05, 4.69) is 10.2 Å². The minimum atomic E-state index is -0.547. The standard InChI is InChI=1S/C10H22N2O/c1-10(2,13)8-12-5-4-9(7-12)6-11-3/h9,11,13H,4-8H2,1-3H3. The summed E-state index contributed by atoms with van der Waals surface area (Å²) in [7, 11) is 2.00. The van der Waals surface area contributed by atoms with Crippen molar-refractivity contribution in [3.8, 4) is 0 Å². The van der Waals surface area contributed by atoms with Gasteiger partial charge in [0.2, 0.25) is 0 Å². The molecule has 1 aliphatic rings. The first-order valence-electron chi connectivity index (χ1n) is 5.10. The highest BCUT2D eigenvalue weighted by Crippen LogP contribution is 2.17. The van der Waals surface area contributed by atoms with E-state index in [1.807, 2.05) is 20.9 Å². The molecule has 78 valence electrons. The first-order chi connectivity index (χ1) is 6.01. The molecule has 3 heteroatoms. The minimum absolute atomic E-state index is 0.547. The number of likely N-dealkylation sites (tertiary alicyclic amines) is 1. The third kappa shape index (κ3) is 4.07. The summed E-state index contributed by atoms with van der Waals surface area (Å²) in [6.07, 6.45) is 1.26. The van der Waals surface area contributed by atoms with Crippen molar-refractivity contribution < 1.29 is 5.11 Å². The van der Waals surface area contributed by atoms with Gasteiger partial charge in [0.1, 0.15) is 0 Å². The van der Waals surface area contributed by atoms with Crippen LogP contribution in [-0.2, 0) is 0 Å². The van der Waals surface area contributed by atoms with Crippen LogP contribution in [0.25, 0.3) is 0 Å². The number of rotatable bonds is 4. The lowest BCUT2D eigenvalue weighted by Gasteiger charge is -2.25. The minimum Gasteiger partial charge on any atom is -0.389 e. The second-order valence-corrected chi connectivity index (χ2v) is 4.76. The lowest BCUT2D eigenvalue weighted by Crippen LogP contribution is -2.37. The van der Waals surface area contributed by atoms with Gasteiger partial charge in [0.05, 0.1) is 5.60 Å². The molecule has 0 aromatic heterocycles. The molecule has 1 rings (SSSR count). The Morgan fingerprint density at radius 2 is 2.23 bits per heavy atom. The number of nitrogens with zero attached hydrogens (tertiary/aromatic N) is 1. The van der Waals surface area contributed by atoms with Crippen LogP contribution in [0, 0.1) is 5.92 Å². The van der Waals surface area contributed by atoms with Crippen LogP contribution < -0.4 is 5.32 Å². The molecule has 0 aromatic rings. The van der Waals surface area contributed by atoms with Crippen molar-refractivity contribution in [3.05, 3.63) is 0 Å². The maximum atomic E-state index is 9.64. The van der Waals surface area contributed by atoms with Crippen molar-refractivity contribution in [3.63, 3.8) is 0 Å². The van der Waals surface area contributed by atoms with Gasteiger partial charge in [0, 0.05) is 13.1 Å². The number of β-amino-alcohol motifs (C(OH)–C–C–N with tert-alkyl or cyclic N) is 1. The third-order valence-electron chi connectivity index (χ3n) is 2.47. The van der Waals surface area contributed by atoms with Crippen molar-refractivity contribution in [1.82, 2.24) is 10.2 Å². The summed E-state index contributed by atoms with van der Waals surface area (Å²) in [5, 5.41) is 12.8. The highest BCUT2D eigenvalue weighted by Gasteiger charge is 2.25. The highest BCUT2D eigenvalue weighted by molar-refractivity contribution is 4.81. The van der Waals surface area contributed by atoms with Gasteiger partial charge < -0.3 is 15.3 Å². The largest absolute Gasteiger partial charge is 0.389 e. The van der Waals surface area contributed by atoms with Gasteiger partial charge in [-0.3, -0.25) is 0 Å². The summed E-state index contributed by atoms with van der Waals surface area (Å²) in [6, 6.07) is 0. The zero-order valence-electron chi connectivity index (χ0n) is 9.01. The Bertz CT molecular complexity index is 153. The quantitative estimate of drug-likeness (QED) is 0.663. The van der Waals surface area contributed by atoms with Gasteiger partial charge in [-0.1, -0.05) is 0 Å². The van der Waals surface area contributed by atoms with Crippen LogP contribution in [0.5, 0.6) is 0 Å². The monoisotopic (exact) mass is 186 g/mol. The van der Waals surface area contributed by atoms with E-state index in [4.69, 9.17) is 0 Å². The van der Waals surface area contributed by atoms with E-state index in [1.165, 1.54) is 6.42 Å². The fraction of sp³-hybridized carbons (Fsp3) is 1.00. The molecular formula is C10H22N2O. The van der Waals surface area contributed by atoms with Gasteiger partial charge in [0.15, 0.2) is 0 Å². The maximum absolute atomic E-state index is 9.64. The molecule has 1 fully saturated rings.